The maximum Gasteiger partial charge on any atom is 0.0249 e. The fourth-order valence-corrected chi connectivity index (χ4v) is 4.20. The van der Waals surface area contributed by atoms with Gasteiger partial charge in [0.25, 0.3) is 0 Å². The summed E-state index contributed by atoms with van der Waals surface area (Å²) in [6, 6.07) is 1.55. The Labute approximate surface area is 113 Å². The largest absolute Gasteiger partial charge is 0.311 e. The van der Waals surface area contributed by atoms with Gasteiger partial charge in [0.05, 0.1) is 0 Å². The summed E-state index contributed by atoms with van der Waals surface area (Å²) in [5.74, 6) is 2.01. The predicted molar refractivity (Wildman–Crippen MR) is 76.7 cm³/mol. The van der Waals surface area contributed by atoms with Gasteiger partial charge in [0.15, 0.2) is 0 Å². The molecule has 18 heavy (non-hydrogen) atoms. The van der Waals surface area contributed by atoms with E-state index in [1.54, 1.807) is 0 Å². The van der Waals surface area contributed by atoms with Gasteiger partial charge < -0.3 is 5.32 Å². The lowest BCUT2D eigenvalue weighted by atomic mass is 9.80. The van der Waals surface area contributed by atoms with Crippen molar-refractivity contribution in [2.24, 2.45) is 11.8 Å². The van der Waals surface area contributed by atoms with E-state index >= 15 is 0 Å². The van der Waals surface area contributed by atoms with Crippen molar-refractivity contribution in [2.75, 3.05) is 19.6 Å². The van der Waals surface area contributed by atoms with Crippen molar-refractivity contribution in [3.05, 3.63) is 0 Å². The highest BCUT2D eigenvalue weighted by molar-refractivity contribution is 4.91. The van der Waals surface area contributed by atoms with E-state index in [-0.39, 0.29) is 0 Å². The van der Waals surface area contributed by atoms with E-state index in [1.165, 1.54) is 71.0 Å². The van der Waals surface area contributed by atoms with Gasteiger partial charge in [0, 0.05) is 31.7 Å². The average Bonchev–Trinajstić information content (AvgIpc) is 2.35. The Balaban J connectivity index is 1.60. The van der Waals surface area contributed by atoms with Crippen molar-refractivity contribution in [1.82, 2.24) is 10.2 Å². The van der Waals surface area contributed by atoms with Gasteiger partial charge in [0.2, 0.25) is 0 Å². The molecule has 2 heteroatoms. The van der Waals surface area contributed by atoms with Crippen LogP contribution in [0.1, 0.15) is 58.3 Å². The van der Waals surface area contributed by atoms with Crippen LogP contribution < -0.4 is 5.32 Å². The van der Waals surface area contributed by atoms with Crippen molar-refractivity contribution in [1.29, 1.82) is 0 Å². The van der Waals surface area contributed by atoms with Gasteiger partial charge in [-0.2, -0.15) is 0 Å². The second-order valence-corrected chi connectivity index (χ2v) is 7.03. The van der Waals surface area contributed by atoms with Crippen LogP contribution in [0.3, 0.4) is 0 Å². The molecule has 104 valence electrons. The fraction of sp³-hybridized carbons (Fsp3) is 1.00. The van der Waals surface area contributed by atoms with Crippen molar-refractivity contribution in [2.45, 2.75) is 70.4 Å². The number of nitrogens with zero attached hydrogens (tertiary/aromatic N) is 1. The topological polar surface area (TPSA) is 15.3 Å². The van der Waals surface area contributed by atoms with Gasteiger partial charge in [-0.3, -0.25) is 4.90 Å². The molecule has 0 aromatic carbocycles. The van der Waals surface area contributed by atoms with E-state index in [0.29, 0.717) is 6.04 Å². The summed E-state index contributed by atoms with van der Waals surface area (Å²) in [5.41, 5.74) is 0. The number of nitrogens with one attached hydrogen (secondary N) is 1. The van der Waals surface area contributed by atoms with Gasteiger partial charge in [-0.05, 0) is 44.4 Å². The minimum Gasteiger partial charge on any atom is -0.311 e. The first-order chi connectivity index (χ1) is 8.83. The van der Waals surface area contributed by atoms with Crippen LogP contribution in [-0.4, -0.2) is 36.6 Å². The summed E-state index contributed by atoms with van der Waals surface area (Å²) in [4.78, 5) is 2.86. The van der Waals surface area contributed by atoms with Crippen LogP contribution in [0.2, 0.25) is 0 Å². The Morgan fingerprint density at radius 3 is 2.44 bits per heavy atom. The lowest BCUT2D eigenvalue weighted by molar-refractivity contribution is 0.0484. The molecule has 0 spiro atoms. The Morgan fingerprint density at radius 1 is 1.00 bits per heavy atom. The molecule has 0 radical (unpaired) electrons. The van der Waals surface area contributed by atoms with Crippen LogP contribution in [0.15, 0.2) is 0 Å². The second kappa shape index (κ2) is 5.92. The summed E-state index contributed by atoms with van der Waals surface area (Å²) < 4.78 is 0. The standard InChI is InChI=1S/C16H30N2/c1-13-11-18(12-14-6-5-7-14)16(10-17-13)15-8-3-2-4-9-15/h13-17H,2-12H2,1H3. The molecular formula is C16H30N2. The van der Waals surface area contributed by atoms with E-state index in [1.807, 2.05) is 0 Å². The molecular weight excluding hydrogens is 220 g/mol. The number of piperazine rings is 1. The van der Waals surface area contributed by atoms with Crippen molar-refractivity contribution < 1.29 is 0 Å². The van der Waals surface area contributed by atoms with Gasteiger partial charge in [-0.25, -0.2) is 0 Å². The molecule has 2 atom stereocenters. The van der Waals surface area contributed by atoms with Gasteiger partial charge >= 0.3 is 0 Å². The third-order valence-electron chi connectivity index (χ3n) is 5.56. The maximum atomic E-state index is 3.73. The van der Waals surface area contributed by atoms with E-state index in [0.717, 1.165) is 17.9 Å². The average molecular weight is 250 g/mol. The molecule has 2 saturated carbocycles. The van der Waals surface area contributed by atoms with Crippen molar-refractivity contribution >= 4 is 0 Å². The van der Waals surface area contributed by atoms with Crippen molar-refractivity contribution in [3.8, 4) is 0 Å². The molecule has 3 aliphatic rings. The summed E-state index contributed by atoms with van der Waals surface area (Å²) in [6.07, 6.45) is 11.9. The number of hydrogen-bond donors (Lipinski definition) is 1. The van der Waals surface area contributed by atoms with Crippen LogP contribution >= 0.6 is 0 Å². The van der Waals surface area contributed by atoms with Crippen LogP contribution in [0.25, 0.3) is 0 Å². The first kappa shape index (κ1) is 12.9. The third-order valence-corrected chi connectivity index (χ3v) is 5.56. The Bertz CT molecular complexity index is 256. The quantitative estimate of drug-likeness (QED) is 0.828. The zero-order chi connectivity index (χ0) is 12.4. The minimum absolute atomic E-state index is 0.699. The third kappa shape index (κ3) is 2.91. The molecule has 3 fully saturated rings. The minimum atomic E-state index is 0.699. The molecule has 1 heterocycles. The van der Waals surface area contributed by atoms with Crippen LogP contribution in [0.5, 0.6) is 0 Å². The number of hydrogen-bond acceptors (Lipinski definition) is 2. The Kier molecular flexibility index (Phi) is 4.25. The monoisotopic (exact) mass is 250 g/mol. The first-order valence-corrected chi connectivity index (χ1v) is 8.30. The Morgan fingerprint density at radius 2 is 1.78 bits per heavy atom. The molecule has 3 rings (SSSR count). The maximum absolute atomic E-state index is 3.73. The molecule has 2 unspecified atom stereocenters. The molecule has 1 saturated heterocycles. The number of rotatable bonds is 3. The summed E-state index contributed by atoms with van der Waals surface area (Å²) in [5, 5.41) is 3.73. The molecule has 0 aromatic rings. The van der Waals surface area contributed by atoms with E-state index in [2.05, 4.69) is 17.1 Å². The molecule has 0 amide bonds. The smallest absolute Gasteiger partial charge is 0.0249 e. The summed E-state index contributed by atoms with van der Waals surface area (Å²) >= 11 is 0. The van der Waals surface area contributed by atoms with Crippen LogP contribution in [0, 0.1) is 11.8 Å². The zero-order valence-electron chi connectivity index (χ0n) is 12.0. The fourth-order valence-electron chi connectivity index (χ4n) is 4.20. The first-order valence-electron chi connectivity index (χ1n) is 8.30. The van der Waals surface area contributed by atoms with Gasteiger partial charge in [-0.1, -0.05) is 25.7 Å². The molecule has 0 bridgehead atoms. The summed E-state index contributed by atoms with van der Waals surface area (Å²) in [7, 11) is 0. The second-order valence-electron chi connectivity index (χ2n) is 7.03. The lowest BCUT2D eigenvalue weighted by Gasteiger charge is -2.46. The predicted octanol–water partition coefficient (Wildman–Crippen LogP) is 3.03. The highest BCUT2D eigenvalue weighted by atomic mass is 15.2. The van der Waals surface area contributed by atoms with Crippen LogP contribution in [-0.2, 0) is 0 Å². The van der Waals surface area contributed by atoms with Crippen molar-refractivity contribution in [3.63, 3.8) is 0 Å². The molecule has 2 nitrogen and oxygen atoms in total. The van der Waals surface area contributed by atoms with Gasteiger partial charge in [0.1, 0.15) is 0 Å². The molecule has 1 N–H and O–H groups in total. The van der Waals surface area contributed by atoms with E-state index < -0.39 is 0 Å². The highest BCUT2D eigenvalue weighted by Crippen LogP contribution is 2.33. The SMILES string of the molecule is CC1CN(CC2CCC2)C(C2CCCCC2)CN1. The molecule has 1 aliphatic heterocycles. The van der Waals surface area contributed by atoms with Crippen LogP contribution in [0.4, 0.5) is 0 Å². The zero-order valence-corrected chi connectivity index (χ0v) is 12.0. The highest BCUT2D eigenvalue weighted by Gasteiger charge is 2.34. The molecule has 2 aliphatic carbocycles. The van der Waals surface area contributed by atoms with E-state index in [4.69, 9.17) is 0 Å². The Hall–Kier alpha value is -0.0800. The van der Waals surface area contributed by atoms with Gasteiger partial charge in [-0.15, -0.1) is 0 Å². The van der Waals surface area contributed by atoms with E-state index in [9.17, 15) is 0 Å². The summed E-state index contributed by atoms with van der Waals surface area (Å²) in [6.45, 7) is 6.29. The lowest BCUT2D eigenvalue weighted by Crippen LogP contribution is -2.59. The normalized spacial score (nSPS) is 36.5. The molecule has 0 aromatic heterocycles.